The fraction of sp³-hybridized carbons (Fsp3) is 0.0667. The highest BCUT2D eigenvalue weighted by molar-refractivity contribution is 6.30. The minimum Gasteiger partial charge on any atom is -0.383 e. The monoisotopic (exact) mass is 297 g/mol. The van der Waals surface area contributed by atoms with Crippen molar-refractivity contribution in [2.45, 2.75) is 0 Å². The van der Waals surface area contributed by atoms with E-state index in [4.69, 9.17) is 17.3 Å². The molecule has 4 rings (SSSR count). The number of nitrogens with two attached hydrogens (primary N) is 1. The van der Waals surface area contributed by atoms with Crippen LogP contribution in [0.4, 0.5) is 5.82 Å². The summed E-state index contributed by atoms with van der Waals surface area (Å²) in [6, 6.07) is 9.60. The van der Waals surface area contributed by atoms with Gasteiger partial charge in [0.2, 0.25) is 0 Å². The lowest BCUT2D eigenvalue weighted by Gasteiger charge is -2.00. The minimum atomic E-state index is 0.594. The van der Waals surface area contributed by atoms with Crippen LogP contribution in [-0.2, 0) is 7.05 Å². The third kappa shape index (κ3) is 1.78. The van der Waals surface area contributed by atoms with E-state index in [0.717, 1.165) is 27.9 Å². The first-order chi connectivity index (χ1) is 10.1. The molecule has 0 saturated carbocycles. The molecule has 0 aliphatic carbocycles. The normalized spacial score (nSPS) is 11.5. The molecule has 0 amide bonds. The Morgan fingerprint density at radius 2 is 2.05 bits per heavy atom. The molecule has 5 nitrogen and oxygen atoms in total. The van der Waals surface area contributed by atoms with Crippen molar-refractivity contribution < 1.29 is 0 Å². The number of hydrogen-bond acceptors (Lipinski definition) is 3. The van der Waals surface area contributed by atoms with Crippen LogP contribution in [0.5, 0.6) is 0 Å². The van der Waals surface area contributed by atoms with Crippen LogP contribution in [0.15, 0.2) is 42.9 Å². The molecule has 4 aromatic rings. The van der Waals surface area contributed by atoms with E-state index in [-0.39, 0.29) is 0 Å². The third-order valence-corrected chi connectivity index (χ3v) is 3.86. The van der Waals surface area contributed by atoms with Crippen LogP contribution < -0.4 is 5.73 Å². The molecule has 2 N–H and O–H groups in total. The van der Waals surface area contributed by atoms with Crippen LogP contribution in [0.3, 0.4) is 0 Å². The summed E-state index contributed by atoms with van der Waals surface area (Å²) >= 11 is 6.00. The lowest BCUT2D eigenvalue weighted by atomic mass is 10.1. The summed E-state index contributed by atoms with van der Waals surface area (Å²) in [5.74, 6) is 0.594. The number of fused-ring (bicyclic) bond motifs is 2. The van der Waals surface area contributed by atoms with Crippen molar-refractivity contribution in [1.82, 2.24) is 18.9 Å². The van der Waals surface area contributed by atoms with Crippen LogP contribution in [0.1, 0.15) is 0 Å². The summed E-state index contributed by atoms with van der Waals surface area (Å²) in [4.78, 5) is 8.94. The fourth-order valence-corrected chi connectivity index (χ4v) is 2.69. The first-order valence-corrected chi connectivity index (χ1v) is 6.86. The number of hydrogen-bond donors (Lipinski definition) is 1. The zero-order valence-electron chi connectivity index (χ0n) is 11.3. The summed E-state index contributed by atoms with van der Waals surface area (Å²) in [6.45, 7) is 0. The maximum atomic E-state index is 6.20. The molecule has 0 unspecified atom stereocenters. The second kappa shape index (κ2) is 4.23. The molecule has 0 spiro atoms. The molecular formula is C15H12ClN5. The van der Waals surface area contributed by atoms with E-state index in [1.54, 1.807) is 18.5 Å². The van der Waals surface area contributed by atoms with Gasteiger partial charge >= 0.3 is 0 Å². The van der Waals surface area contributed by atoms with Crippen molar-refractivity contribution >= 4 is 34.1 Å². The Bertz CT molecular complexity index is 982. The second-order valence-electron chi connectivity index (χ2n) is 4.98. The van der Waals surface area contributed by atoms with E-state index in [9.17, 15) is 0 Å². The standard InChI is InChI=1S/C15H12ClN5/c1-20-8-18-11-6-9(2-3-12(11)20)14-15(17)21-5-4-10(16)7-13(21)19-14/h2-8H,17H2,1H3. The van der Waals surface area contributed by atoms with Crippen LogP contribution in [0.2, 0.25) is 5.02 Å². The zero-order chi connectivity index (χ0) is 14.6. The summed E-state index contributed by atoms with van der Waals surface area (Å²) in [5.41, 5.74) is 10.6. The SMILES string of the molecule is Cn1cnc2cc(-c3nc4cc(Cl)ccn4c3N)ccc21. The number of rotatable bonds is 1. The number of nitrogens with zero attached hydrogens (tertiary/aromatic N) is 4. The number of pyridine rings is 1. The fourth-order valence-electron chi connectivity index (χ4n) is 2.53. The summed E-state index contributed by atoms with van der Waals surface area (Å²) in [6.07, 6.45) is 3.62. The Balaban J connectivity index is 1.96. The minimum absolute atomic E-state index is 0.594. The molecule has 3 heterocycles. The van der Waals surface area contributed by atoms with Gasteiger partial charge in [-0.15, -0.1) is 0 Å². The van der Waals surface area contributed by atoms with Gasteiger partial charge in [-0.1, -0.05) is 17.7 Å². The Morgan fingerprint density at radius 1 is 1.19 bits per heavy atom. The quantitative estimate of drug-likeness (QED) is 0.587. The first kappa shape index (κ1) is 12.2. The van der Waals surface area contributed by atoms with E-state index in [1.807, 2.05) is 40.4 Å². The van der Waals surface area contributed by atoms with Gasteiger partial charge in [0.15, 0.2) is 0 Å². The van der Waals surface area contributed by atoms with Gasteiger partial charge in [0.05, 0.1) is 17.4 Å². The molecule has 0 aliphatic heterocycles. The maximum absolute atomic E-state index is 6.20. The zero-order valence-corrected chi connectivity index (χ0v) is 12.0. The predicted molar refractivity (Wildman–Crippen MR) is 84.3 cm³/mol. The Labute approximate surface area is 125 Å². The highest BCUT2D eigenvalue weighted by Crippen LogP contribution is 2.29. The summed E-state index contributed by atoms with van der Waals surface area (Å²) < 4.78 is 3.80. The molecule has 0 aliphatic rings. The second-order valence-corrected chi connectivity index (χ2v) is 5.41. The molecule has 3 aromatic heterocycles. The molecule has 0 bridgehead atoms. The molecule has 6 heteroatoms. The van der Waals surface area contributed by atoms with Gasteiger partial charge in [-0.3, -0.25) is 4.40 Å². The van der Waals surface area contributed by atoms with Crippen LogP contribution in [0, 0.1) is 0 Å². The van der Waals surface area contributed by atoms with Gasteiger partial charge in [-0.2, -0.15) is 0 Å². The average Bonchev–Trinajstić information content (AvgIpc) is 3.00. The van der Waals surface area contributed by atoms with Gasteiger partial charge < -0.3 is 10.3 Å². The van der Waals surface area contributed by atoms with E-state index in [1.165, 1.54) is 0 Å². The Kier molecular flexibility index (Phi) is 2.46. The molecule has 0 saturated heterocycles. The molecule has 0 atom stereocenters. The number of benzene rings is 1. The summed E-state index contributed by atoms with van der Waals surface area (Å²) in [7, 11) is 1.97. The topological polar surface area (TPSA) is 61.1 Å². The van der Waals surface area contributed by atoms with Crippen molar-refractivity contribution in [3.05, 3.63) is 47.9 Å². The number of aromatic nitrogens is 4. The number of nitrogen functional groups attached to an aromatic ring is 1. The lowest BCUT2D eigenvalue weighted by Crippen LogP contribution is -1.93. The number of imidazole rings is 2. The van der Waals surface area contributed by atoms with Crippen LogP contribution in [0.25, 0.3) is 27.9 Å². The number of anilines is 1. The van der Waals surface area contributed by atoms with Gasteiger partial charge in [-0.05, 0) is 18.2 Å². The van der Waals surface area contributed by atoms with Crippen molar-refractivity contribution in [2.75, 3.05) is 5.73 Å². The van der Waals surface area contributed by atoms with Crippen LogP contribution in [-0.4, -0.2) is 18.9 Å². The highest BCUT2D eigenvalue weighted by Gasteiger charge is 2.12. The van der Waals surface area contributed by atoms with Crippen LogP contribution >= 0.6 is 11.6 Å². The van der Waals surface area contributed by atoms with Gasteiger partial charge in [0, 0.05) is 29.9 Å². The first-order valence-electron chi connectivity index (χ1n) is 6.48. The smallest absolute Gasteiger partial charge is 0.140 e. The van der Waals surface area contributed by atoms with Crippen molar-refractivity contribution in [2.24, 2.45) is 7.05 Å². The van der Waals surface area contributed by atoms with E-state index in [2.05, 4.69) is 9.97 Å². The van der Waals surface area contributed by atoms with Gasteiger partial charge in [0.1, 0.15) is 17.2 Å². The maximum Gasteiger partial charge on any atom is 0.140 e. The predicted octanol–water partition coefficient (Wildman–Crippen LogP) is 3.12. The highest BCUT2D eigenvalue weighted by atomic mass is 35.5. The van der Waals surface area contributed by atoms with Crippen molar-refractivity contribution in [3.8, 4) is 11.3 Å². The summed E-state index contributed by atoms with van der Waals surface area (Å²) in [5, 5.41) is 0.638. The van der Waals surface area contributed by atoms with E-state index >= 15 is 0 Å². The molecule has 104 valence electrons. The van der Waals surface area contributed by atoms with Crippen molar-refractivity contribution in [1.29, 1.82) is 0 Å². The lowest BCUT2D eigenvalue weighted by molar-refractivity contribution is 0.948. The van der Waals surface area contributed by atoms with Gasteiger partial charge in [-0.25, -0.2) is 9.97 Å². The number of halogens is 1. The van der Waals surface area contributed by atoms with E-state index < -0.39 is 0 Å². The average molecular weight is 298 g/mol. The van der Waals surface area contributed by atoms with Crippen molar-refractivity contribution in [3.63, 3.8) is 0 Å². The molecule has 21 heavy (non-hydrogen) atoms. The van der Waals surface area contributed by atoms with Gasteiger partial charge in [0.25, 0.3) is 0 Å². The Morgan fingerprint density at radius 3 is 2.90 bits per heavy atom. The number of aryl methyl sites for hydroxylation is 1. The van der Waals surface area contributed by atoms with E-state index in [0.29, 0.717) is 10.8 Å². The largest absolute Gasteiger partial charge is 0.383 e. The third-order valence-electron chi connectivity index (χ3n) is 3.62. The Hall–Kier alpha value is -2.53. The molecule has 1 aromatic carbocycles. The molecular weight excluding hydrogens is 286 g/mol. The molecule has 0 fully saturated rings. The molecule has 0 radical (unpaired) electrons.